The lowest BCUT2D eigenvalue weighted by molar-refractivity contribution is -0.118. The Balaban J connectivity index is 1.55. The second-order valence-corrected chi connectivity index (χ2v) is 6.44. The van der Waals surface area contributed by atoms with E-state index in [1.165, 1.54) is 18.5 Å². The minimum absolute atomic E-state index is 0.155. The SMILES string of the molecule is O=C(COc1c(Cl)cccc1Cl)Nc1ccc(N2CCCC2)cc1. The highest BCUT2D eigenvalue weighted by molar-refractivity contribution is 6.37. The minimum atomic E-state index is -0.264. The maximum Gasteiger partial charge on any atom is 0.262 e. The molecule has 1 heterocycles. The number of nitrogens with zero attached hydrogens (tertiary/aromatic N) is 1. The molecule has 0 atom stereocenters. The van der Waals surface area contributed by atoms with Crippen molar-refractivity contribution < 1.29 is 9.53 Å². The first kappa shape index (κ1) is 16.9. The zero-order chi connectivity index (χ0) is 16.9. The molecular weight excluding hydrogens is 347 g/mol. The summed E-state index contributed by atoms with van der Waals surface area (Å²) < 4.78 is 5.42. The van der Waals surface area contributed by atoms with Crippen molar-refractivity contribution in [3.8, 4) is 5.75 Å². The van der Waals surface area contributed by atoms with Crippen molar-refractivity contribution in [1.29, 1.82) is 0 Å². The van der Waals surface area contributed by atoms with Gasteiger partial charge in [0, 0.05) is 24.5 Å². The Labute approximate surface area is 151 Å². The molecule has 126 valence electrons. The highest BCUT2D eigenvalue weighted by Crippen LogP contribution is 2.32. The zero-order valence-electron chi connectivity index (χ0n) is 13.1. The second-order valence-electron chi connectivity index (χ2n) is 5.63. The summed E-state index contributed by atoms with van der Waals surface area (Å²) in [6.07, 6.45) is 2.47. The first-order chi connectivity index (χ1) is 11.6. The number of carbonyl (C=O) groups excluding carboxylic acids is 1. The lowest BCUT2D eigenvalue weighted by Crippen LogP contribution is -2.20. The summed E-state index contributed by atoms with van der Waals surface area (Å²) in [5.41, 5.74) is 1.92. The van der Waals surface area contributed by atoms with Gasteiger partial charge in [-0.05, 0) is 49.2 Å². The molecule has 1 fully saturated rings. The first-order valence-corrected chi connectivity index (χ1v) is 8.61. The smallest absolute Gasteiger partial charge is 0.262 e. The molecule has 0 aliphatic carbocycles. The van der Waals surface area contributed by atoms with E-state index in [1.54, 1.807) is 18.2 Å². The van der Waals surface area contributed by atoms with Gasteiger partial charge in [0.15, 0.2) is 12.4 Å². The van der Waals surface area contributed by atoms with E-state index in [4.69, 9.17) is 27.9 Å². The molecule has 24 heavy (non-hydrogen) atoms. The number of benzene rings is 2. The average molecular weight is 365 g/mol. The summed E-state index contributed by atoms with van der Waals surface area (Å²) in [7, 11) is 0. The molecule has 0 radical (unpaired) electrons. The largest absolute Gasteiger partial charge is 0.481 e. The van der Waals surface area contributed by atoms with E-state index < -0.39 is 0 Å². The van der Waals surface area contributed by atoms with E-state index in [-0.39, 0.29) is 12.5 Å². The number of hydrogen-bond donors (Lipinski definition) is 1. The van der Waals surface area contributed by atoms with Crippen LogP contribution in [0.3, 0.4) is 0 Å². The molecule has 3 rings (SSSR count). The standard InChI is InChI=1S/C18H18Cl2N2O2/c19-15-4-3-5-16(20)18(15)24-12-17(23)21-13-6-8-14(9-7-13)22-10-1-2-11-22/h3-9H,1-2,10-12H2,(H,21,23). The number of halogens is 2. The van der Waals surface area contributed by atoms with Gasteiger partial charge in [0.2, 0.25) is 0 Å². The van der Waals surface area contributed by atoms with E-state index in [9.17, 15) is 4.79 Å². The normalized spacial score (nSPS) is 13.8. The second kappa shape index (κ2) is 7.77. The van der Waals surface area contributed by atoms with Crippen LogP contribution in [0.5, 0.6) is 5.75 Å². The topological polar surface area (TPSA) is 41.6 Å². The molecule has 1 aliphatic rings. The van der Waals surface area contributed by atoms with Crippen molar-refractivity contribution >= 4 is 40.5 Å². The molecule has 0 bridgehead atoms. The number of nitrogens with one attached hydrogen (secondary N) is 1. The summed E-state index contributed by atoms with van der Waals surface area (Å²) in [6, 6.07) is 12.9. The minimum Gasteiger partial charge on any atom is -0.481 e. The van der Waals surface area contributed by atoms with E-state index in [1.807, 2.05) is 24.3 Å². The molecule has 0 saturated carbocycles. The molecule has 2 aromatic rings. The number of hydrogen-bond acceptors (Lipinski definition) is 3. The van der Waals surface area contributed by atoms with Crippen LogP contribution in [0.25, 0.3) is 0 Å². The monoisotopic (exact) mass is 364 g/mol. The molecule has 1 saturated heterocycles. The van der Waals surface area contributed by atoms with Gasteiger partial charge in [0.25, 0.3) is 5.91 Å². The van der Waals surface area contributed by atoms with Crippen LogP contribution in [0.15, 0.2) is 42.5 Å². The number of anilines is 2. The summed E-state index contributed by atoms with van der Waals surface area (Å²) in [6.45, 7) is 2.04. The molecule has 6 heteroatoms. The van der Waals surface area contributed by atoms with Crippen molar-refractivity contribution in [3.63, 3.8) is 0 Å². The van der Waals surface area contributed by atoms with Gasteiger partial charge in [-0.25, -0.2) is 0 Å². The van der Waals surface area contributed by atoms with Crippen molar-refractivity contribution in [2.24, 2.45) is 0 Å². The third kappa shape index (κ3) is 4.13. The summed E-state index contributed by atoms with van der Waals surface area (Å²) in [4.78, 5) is 14.4. The number of rotatable bonds is 5. The maximum atomic E-state index is 12.0. The molecular formula is C18H18Cl2N2O2. The number of carbonyl (C=O) groups is 1. The fourth-order valence-electron chi connectivity index (χ4n) is 2.69. The third-order valence-corrected chi connectivity index (χ3v) is 4.48. The van der Waals surface area contributed by atoms with Gasteiger partial charge in [0.05, 0.1) is 10.0 Å². The average Bonchev–Trinajstić information content (AvgIpc) is 3.09. The highest BCUT2D eigenvalue weighted by atomic mass is 35.5. The van der Waals surface area contributed by atoms with Gasteiger partial charge in [-0.2, -0.15) is 0 Å². The molecule has 0 spiro atoms. The Kier molecular flexibility index (Phi) is 5.48. The lowest BCUT2D eigenvalue weighted by atomic mass is 10.2. The summed E-state index contributed by atoms with van der Waals surface area (Å²) in [5.74, 6) is 0.0558. The molecule has 1 amide bonds. The van der Waals surface area contributed by atoms with Crippen LogP contribution in [0.2, 0.25) is 10.0 Å². The van der Waals surface area contributed by atoms with Crippen LogP contribution in [0, 0.1) is 0 Å². The first-order valence-electron chi connectivity index (χ1n) is 7.85. The number of amides is 1. The molecule has 2 aromatic carbocycles. The summed E-state index contributed by atoms with van der Waals surface area (Å²) in [5, 5.41) is 3.56. The predicted molar refractivity (Wildman–Crippen MR) is 98.5 cm³/mol. The van der Waals surface area contributed by atoms with Gasteiger partial charge in [-0.3, -0.25) is 4.79 Å². The van der Waals surface area contributed by atoms with E-state index in [0.29, 0.717) is 15.8 Å². The Morgan fingerprint density at radius 1 is 1.04 bits per heavy atom. The van der Waals surface area contributed by atoms with Crippen molar-refractivity contribution in [1.82, 2.24) is 0 Å². The van der Waals surface area contributed by atoms with Crippen LogP contribution < -0.4 is 15.0 Å². The third-order valence-electron chi connectivity index (χ3n) is 3.89. The van der Waals surface area contributed by atoms with Crippen molar-refractivity contribution in [2.75, 3.05) is 29.9 Å². The zero-order valence-corrected chi connectivity index (χ0v) is 14.6. The van der Waals surface area contributed by atoms with Crippen LogP contribution in [-0.4, -0.2) is 25.6 Å². The van der Waals surface area contributed by atoms with Gasteiger partial charge < -0.3 is 15.0 Å². The molecule has 1 N–H and O–H groups in total. The Morgan fingerprint density at radius 2 is 1.67 bits per heavy atom. The fraction of sp³-hybridized carbons (Fsp3) is 0.278. The van der Waals surface area contributed by atoms with Crippen molar-refractivity contribution in [3.05, 3.63) is 52.5 Å². The number of para-hydroxylation sites is 1. The van der Waals surface area contributed by atoms with Gasteiger partial charge >= 0.3 is 0 Å². The Morgan fingerprint density at radius 3 is 2.29 bits per heavy atom. The van der Waals surface area contributed by atoms with Crippen LogP contribution >= 0.6 is 23.2 Å². The Bertz CT molecular complexity index is 693. The van der Waals surface area contributed by atoms with Crippen LogP contribution in [-0.2, 0) is 4.79 Å². The van der Waals surface area contributed by atoms with E-state index in [0.717, 1.165) is 18.8 Å². The van der Waals surface area contributed by atoms with Gasteiger partial charge in [-0.1, -0.05) is 29.3 Å². The van der Waals surface area contributed by atoms with Gasteiger partial charge in [-0.15, -0.1) is 0 Å². The molecule has 1 aliphatic heterocycles. The quantitative estimate of drug-likeness (QED) is 0.841. The molecule has 0 aromatic heterocycles. The van der Waals surface area contributed by atoms with E-state index >= 15 is 0 Å². The Hall–Kier alpha value is -1.91. The van der Waals surface area contributed by atoms with Gasteiger partial charge in [0.1, 0.15) is 0 Å². The number of ether oxygens (including phenoxy) is 1. The maximum absolute atomic E-state index is 12.0. The molecule has 0 unspecified atom stereocenters. The lowest BCUT2D eigenvalue weighted by Gasteiger charge is -2.17. The van der Waals surface area contributed by atoms with Crippen molar-refractivity contribution in [2.45, 2.75) is 12.8 Å². The van der Waals surface area contributed by atoms with Crippen LogP contribution in [0.4, 0.5) is 11.4 Å². The molecule has 4 nitrogen and oxygen atoms in total. The summed E-state index contributed by atoms with van der Waals surface area (Å²) >= 11 is 12.0. The predicted octanol–water partition coefficient (Wildman–Crippen LogP) is 4.61. The fourth-order valence-corrected chi connectivity index (χ4v) is 3.19. The highest BCUT2D eigenvalue weighted by Gasteiger charge is 2.13. The van der Waals surface area contributed by atoms with Crippen LogP contribution in [0.1, 0.15) is 12.8 Å². The van der Waals surface area contributed by atoms with E-state index in [2.05, 4.69) is 10.2 Å².